The van der Waals surface area contributed by atoms with Crippen LogP contribution in [0.15, 0.2) is 54.7 Å². The smallest absolute Gasteiger partial charge is 0.223 e. The maximum Gasteiger partial charge on any atom is 0.223 e. The van der Waals surface area contributed by atoms with Crippen molar-refractivity contribution in [3.05, 3.63) is 70.9 Å². The lowest BCUT2D eigenvalue weighted by Gasteiger charge is -2.18. The van der Waals surface area contributed by atoms with Crippen molar-refractivity contribution in [2.45, 2.75) is 19.9 Å². The number of benzene rings is 2. The molecule has 31 heavy (non-hydrogen) atoms. The van der Waals surface area contributed by atoms with Crippen LogP contribution in [0.1, 0.15) is 18.1 Å². The van der Waals surface area contributed by atoms with Gasteiger partial charge in [0.25, 0.3) is 0 Å². The van der Waals surface area contributed by atoms with Crippen molar-refractivity contribution in [3.63, 3.8) is 0 Å². The van der Waals surface area contributed by atoms with Crippen LogP contribution in [0.3, 0.4) is 0 Å². The van der Waals surface area contributed by atoms with E-state index >= 15 is 0 Å². The summed E-state index contributed by atoms with van der Waals surface area (Å²) in [6.07, 6.45) is 3.60. The van der Waals surface area contributed by atoms with Crippen LogP contribution < -0.4 is 5.32 Å². The molecule has 9 heteroatoms. The molecule has 2 N–H and O–H groups in total. The normalized spacial score (nSPS) is 11.6. The van der Waals surface area contributed by atoms with E-state index in [1.54, 1.807) is 18.3 Å². The fraction of sp³-hybridized carbons (Fsp3) is 0.273. The van der Waals surface area contributed by atoms with Gasteiger partial charge in [-0.05, 0) is 41.8 Å². The number of sulfonamides is 1. The number of hydrogen-bond acceptors (Lipinski definition) is 6. The zero-order chi connectivity index (χ0) is 22.4. The number of halogens is 1. The van der Waals surface area contributed by atoms with Crippen LogP contribution >= 0.6 is 11.6 Å². The summed E-state index contributed by atoms with van der Waals surface area (Å²) in [6, 6.07) is 14.6. The van der Waals surface area contributed by atoms with Crippen LogP contribution in [0.5, 0.6) is 5.75 Å². The number of aromatic hydroxyl groups is 1. The van der Waals surface area contributed by atoms with Crippen LogP contribution in [-0.2, 0) is 23.0 Å². The van der Waals surface area contributed by atoms with Gasteiger partial charge in [-0.3, -0.25) is 0 Å². The highest BCUT2D eigenvalue weighted by Crippen LogP contribution is 2.24. The Bertz CT molecular complexity index is 1150. The van der Waals surface area contributed by atoms with Crippen LogP contribution in [-0.4, -0.2) is 47.1 Å². The molecule has 0 spiro atoms. The van der Waals surface area contributed by atoms with Crippen molar-refractivity contribution in [3.8, 4) is 17.0 Å². The Morgan fingerprint density at radius 3 is 2.65 bits per heavy atom. The minimum atomic E-state index is -3.26. The van der Waals surface area contributed by atoms with Crippen molar-refractivity contribution < 1.29 is 13.5 Å². The molecule has 0 radical (unpaired) electrons. The van der Waals surface area contributed by atoms with E-state index in [1.165, 1.54) is 10.6 Å². The Labute approximate surface area is 187 Å². The number of aromatic nitrogens is 2. The van der Waals surface area contributed by atoms with E-state index in [0.717, 1.165) is 22.4 Å². The predicted octanol–water partition coefficient (Wildman–Crippen LogP) is 3.94. The SMILES string of the molecule is CCN(Cc1cccc(-c2ccnc(NCCc3ccc(O)c(Cl)c3)n2)c1)S(C)(=O)=O. The number of anilines is 1. The highest BCUT2D eigenvalue weighted by Gasteiger charge is 2.15. The Kier molecular flexibility index (Phi) is 7.48. The maximum absolute atomic E-state index is 11.9. The summed E-state index contributed by atoms with van der Waals surface area (Å²) < 4.78 is 25.2. The van der Waals surface area contributed by atoms with Crippen LogP contribution in [0.25, 0.3) is 11.3 Å². The van der Waals surface area contributed by atoms with Crippen molar-refractivity contribution in [1.82, 2.24) is 14.3 Å². The molecule has 0 saturated carbocycles. The molecule has 1 heterocycles. The molecule has 3 rings (SSSR count). The quantitative estimate of drug-likeness (QED) is 0.502. The first-order valence-corrected chi connectivity index (χ1v) is 12.1. The van der Waals surface area contributed by atoms with Crippen LogP contribution in [0.4, 0.5) is 5.95 Å². The second-order valence-electron chi connectivity index (χ2n) is 7.12. The highest BCUT2D eigenvalue weighted by atomic mass is 35.5. The second kappa shape index (κ2) is 10.1. The number of phenols is 1. The van der Waals surface area contributed by atoms with Gasteiger partial charge in [0.15, 0.2) is 0 Å². The van der Waals surface area contributed by atoms with Gasteiger partial charge in [0.2, 0.25) is 16.0 Å². The monoisotopic (exact) mass is 460 g/mol. The third kappa shape index (κ3) is 6.40. The average molecular weight is 461 g/mol. The van der Waals surface area contributed by atoms with Gasteiger partial charge in [0.05, 0.1) is 17.0 Å². The third-order valence-electron chi connectivity index (χ3n) is 4.77. The summed E-state index contributed by atoms with van der Waals surface area (Å²) >= 11 is 5.95. The number of nitrogens with zero attached hydrogens (tertiary/aromatic N) is 3. The fourth-order valence-corrected chi connectivity index (χ4v) is 4.18. The number of phenolic OH excluding ortho intramolecular Hbond substituents is 1. The molecule has 0 atom stereocenters. The summed E-state index contributed by atoms with van der Waals surface area (Å²) in [5.74, 6) is 0.564. The molecule has 2 aromatic carbocycles. The van der Waals surface area contributed by atoms with Crippen molar-refractivity contribution in [2.24, 2.45) is 0 Å². The molecule has 1 aromatic heterocycles. The number of hydrogen-bond donors (Lipinski definition) is 2. The van der Waals surface area contributed by atoms with Gasteiger partial charge in [-0.25, -0.2) is 18.4 Å². The van der Waals surface area contributed by atoms with Crippen molar-refractivity contribution in [1.29, 1.82) is 0 Å². The standard InChI is InChI=1S/C22H25ClN4O3S/c1-3-27(31(2,29)30)15-17-5-4-6-18(13-17)20-10-12-25-22(26-20)24-11-9-16-7-8-21(28)19(23)14-16/h4-8,10,12-14,28H,3,9,11,15H2,1-2H3,(H,24,25,26). The summed E-state index contributed by atoms with van der Waals surface area (Å²) in [4.78, 5) is 8.84. The van der Waals surface area contributed by atoms with Gasteiger partial charge >= 0.3 is 0 Å². The van der Waals surface area contributed by atoms with E-state index in [-0.39, 0.29) is 5.75 Å². The summed E-state index contributed by atoms with van der Waals surface area (Å²) in [7, 11) is -3.26. The molecular weight excluding hydrogens is 436 g/mol. The fourth-order valence-electron chi connectivity index (χ4n) is 3.13. The van der Waals surface area contributed by atoms with Crippen molar-refractivity contribution >= 4 is 27.6 Å². The van der Waals surface area contributed by atoms with E-state index in [9.17, 15) is 13.5 Å². The molecule has 0 fully saturated rings. The minimum absolute atomic E-state index is 0.0650. The zero-order valence-corrected chi connectivity index (χ0v) is 19.0. The molecule has 0 aliphatic heterocycles. The van der Waals surface area contributed by atoms with Crippen LogP contribution in [0.2, 0.25) is 5.02 Å². The topological polar surface area (TPSA) is 95.4 Å². The highest BCUT2D eigenvalue weighted by molar-refractivity contribution is 7.88. The lowest BCUT2D eigenvalue weighted by atomic mass is 10.1. The first kappa shape index (κ1) is 23.0. The predicted molar refractivity (Wildman–Crippen MR) is 124 cm³/mol. The van der Waals surface area contributed by atoms with E-state index in [1.807, 2.05) is 43.3 Å². The molecule has 0 amide bonds. The molecule has 0 aliphatic rings. The van der Waals surface area contributed by atoms with E-state index < -0.39 is 10.0 Å². The van der Waals surface area contributed by atoms with E-state index in [2.05, 4.69) is 15.3 Å². The van der Waals surface area contributed by atoms with Gasteiger partial charge in [-0.1, -0.05) is 42.8 Å². The van der Waals surface area contributed by atoms with E-state index in [0.29, 0.717) is 37.0 Å². The number of nitrogens with one attached hydrogen (secondary N) is 1. The Hall–Kier alpha value is -2.68. The Morgan fingerprint density at radius 1 is 1.13 bits per heavy atom. The zero-order valence-electron chi connectivity index (χ0n) is 17.4. The van der Waals surface area contributed by atoms with Gasteiger partial charge < -0.3 is 10.4 Å². The molecule has 0 unspecified atom stereocenters. The second-order valence-corrected chi connectivity index (χ2v) is 9.51. The first-order chi connectivity index (χ1) is 14.8. The number of rotatable bonds is 9. The van der Waals surface area contributed by atoms with Crippen molar-refractivity contribution in [2.75, 3.05) is 24.7 Å². The maximum atomic E-state index is 11.9. The summed E-state index contributed by atoms with van der Waals surface area (Å²) in [5, 5.41) is 13.0. The molecule has 164 valence electrons. The molecule has 0 bridgehead atoms. The average Bonchev–Trinajstić information content (AvgIpc) is 2.74. The first-order valence-electron chi connectivity index (χ1n) is 9.85. The molecule has 3 aromatic rings. The van der Waals surface area contributed by atoms with Gasteiger partial charge in [-0.2, -0.15) is 4.31 Å². The molecule has 7 nitrogen and oxygen atoms in total. The molecule has 0 aliphatic carbocycles. The third-order valence-corrected chi connectivity index (χ3v) is 6.40. The Balaban J connectivity index is 1.69. The lowest BCUT2D eigenvalue weighted by molar-refractivity contribution is 0.428. The van der Waals surface area contributed by atoms with Gasteiger partial charge in [0.1, 0.15) is 5.75 Å². The summed E-state index contributed by atoms with van der Waals surface area (Å²) in [5.41, 5.74) is 3.51. The van der Waals surface area contributed by atoms with Gasteiger partial charge in [0, 0.05) is 31.4 Å². The largest absolute Gasteiger partial charge is 0.506 e. The minimum Gasteiger partial charge on any atom is -0.506 e. The Morgan fingerprint density at radius 2 is 1.94 bits per heavy atom. The van der Waals surface area contributed by atoms with Gasteiger partial charge in [-0.15, -0.1) is 0 Å². The lowest BCUT2D eigenvalue weighted by Crippen LogP contribution is -2.29. The van der Waals surface area contributed by atoms with E-state index in [4.69, 9.17) is 11.6 Å². The molecular formula is C22H25ClN4O3S. The summed E-state index contributed by atoms with van der Waals surface area (Å²) in [6.45, 7) is 3.15. The molecule has 0 saturated heterocycles. The van der Waals surface area contributed by atoms with Crippen LogP contribution in [0, 0.1) is 0 Å².